The first kappa shape index (κ1) is 24.9. The van der Waals surface area contributed by atoms with Gasteiger partial charge in [0.2, 0.25) is 0 Å². The van der Waals surface area contributed by atoms with Crippen molar-refractivity contribution in [3.05, 3.63) is 35.1 Å². The molecular formula is C30H42FNO3. The van der Waals surface area contributed by atoms with Gasteiger partial charge in [-0.05, 0) is 125 Å². The summed E-state index contributed by atoms with van der Waals surface area (Å²) in [5, 5.41) is 0. The summed E-state index contributed by atoms with van der Waals surface area (Å²) in [5.74, 6) is 1.57. The number of benzene rings is 1. The standard InChI is InChI=1S/C30H42FNO3/c1-3-16-35-29(34)28-22-7-8-23(28)18-25(17-22)32-14-12-30(13-15-32,11-10-27(33)21-5-6-21)26-19-24(31)9-4-20(26)2/h4,9,19,21-23,25,28H,3,5-8,10-18H2,1-2H3. The van der Waals surface area contributed by atoms with Crippen molar-refractivity contribution in [2.45, 2.75) is 95.9 Å². The lowest BCUT2D eigenvalue weighted by Gasteiger charge is -2.48. The molecule has 1 heterocycles. The Labute approximate surface area is 210 Å². The van der Waals surface area contributed by atoms with Crippen LogP contribution in [-0.4, -0.2) is 42.4 Å². The van der Waals surface area contributed by atoms with E-state index in [0.29, 0.717) is 36.7 Å². The van der Waals surface area contributed by atoms with Gasteiger partial charge in [-0.2, -0.15) is 0 Å². The molecule has 0 amide bonds. The summed E-state index contributed by atoms with van der Waals surface area (Å²) in [5.41, 5.74) is 2.14. The number of ketones is 1. The molecule has 192 valence electrons. The second kappa shape index (κ2) is 10.3. The van der Waals surface area contributed by atoms with Crippen molar-refractivity contribution < 1.29 is 18.7 Å². The predicted molar refractivity (Wildman–Crippen MR) is 135 cm³/mol. The third-order valence-corrected chi connectivity index (χ3v) is 9.72. The van der Waals surface area contributed by atoms with Gasteiger partial charge in [0, 0.05) is 18.4 Å². The highest BCUT2D eigenvalue weighted by atomic mass is 19.1. The van der Waals surface area contributed by atoms with Gasteiger partial charge in [-0.3, -0.25) is 9.59 Å². The molecule has 1 aliphatic heterocycles. The Bertz CT molecular complexity index is 920. The lowest BCUT2D eigenvalue weighted by atomic mass is 9.67. The molecule has 4 nitrogen and oxygen atoms in total. The van der Waals surface area contributed by atoms with Crippen molar-refractivity contribution in [2.75, 3.05) is 19.7 Å². The van der Waals surface area contributed by atoms with Gasteiger partial charge >= 0.3 is 5.97 Å². The molecule has 0 spiro atoms. The number of carbonyl (C=O) groups is 2. The van der Waals surface area contributed by atoms with Crippen molar-refractivity contribution in [1.82, 2.24) is 4.90 Å². The number of rotatable bonds is 9. The number of fused-ring (bicyclic) bond motifs is 2. The SMILES string of the molecule is CCCOC(=O)C1C2CCC1CC(N1CCC(CCC(=O)C3CC3)(c3cc(F)ccc3C)CC1)C2. The summed E-state index contributed by atoms with van der Waals surface area (Å²) in [6, 6.07) is 5.72. The van der Waals surface area contributed by atoms with E-state index in [2.05, 4.69) is 11.8 Å². The van der Waals surface area contributed by atoms with Gasteiger partial charge in [0.15, 0.2) is 0 Å². The normalized spacial score (nSPS) is 30.3. The first-order chi connectivity index (χ1) is 16.9. The third-order valence-electron chi connectivity index (χ3n) is 9.72. The minimum atomic E-state index is -0.175. The van der Waals surface area contributed by atoms with Crippen LogP contribution in [0.4, 0.5) is 4.39 Å². The summed E-state index contributed by atoms with van der Waals surface area (Å²) >= 11 is 0. The number of Topliss-reactive ketones (excluding diaryl/α,β-unsaturated/α-hetero) is 1. The highest BCUT2D eigenvalue weighted by molar-refractivity contribution is 5.83. The molecule has 0 N–H and O–H groups in total. The van der Waals surface area contributed by atoms with Crippen LogP contribution in [0.25, 0.3) is 0 Å². The van der Waals surface area contributed by atoms with Crippen LogP contribution in [0.2, 0.25) is 0 Å². The smallest absolute Gasteiger partial charge is 0.309 e. The molecule has 2 bridgehead atoms. The zero-order valence-corrected chi connectivity index (χ0v) is 21.6. The molecular weight excluding hydrogens is 441 g/mol. The number of piperidine rings is 1. The average molecular weight is 484 g/mol. The molecule has 4 aliphatic rings. The Morgan fingerprint density at radius 3 is 2.40 bits per heavy atom. The molecule has 3 saturated carbocycles. The van der Waals surface area contributed by atoms with E-state index in [9.17, 15) is 14.0 Å². The van der Waals surface area contributed by atoms with Gasteiger partial charge in [-0.1, -0.05) is 13.0 Å². The zero-order chi connectivity index (χ0) is 24.6. The minimum Gasteiger partial charge on any atom is -0.465 e. The Kier molecular flexibility index (Phi) is 7.35. The maximum atomic E-state index is 14.3. The van der Waals surface area contributed by atoms with E-state index in [-0.39, 0.29) is 29.0 Å². The van der Waals surface area contributed by atoms with Gasteiger partial charge in [0.1, 0.15) is 11.6 Å². The van der Waals surface area contributed by atoms with Crippen LogP contribution in [0, 0.1) is 36.4 Å². The summed E-state index contributed by atoms with van der Waals surface area (Å²) in [4.78, 5) is 27.9. The molecule has 4 fully saturated rings. The average Bonchev–Trinajstić information content (AvgIpc) is 3.68. The second-order valence-corrected chi connectivity index (χ2v) is 11.9. The minimum absolute atomic E-state index is 0.0392. The number of hydrogen-bond donors (Lipinski definition) is 0. The summed E-state index contributed by atoms with van der Waals surface area (Å²) in [7, 11) is 0. The fourth-order valence-electron chi connectivity index (χ4n) is 7.59. The molecule has 3 aliphatic carbocycles. The number of likely N-dealkylation sites (tertiary alicyclic amines) is 1. The first-order valence-corrected chi connectivity index (χ1v) is 14.1. The molecule has 5 rings (SSSR count). The van der Waals surface area contributed by atoms with Gasteiger partial charge in [-0.15, -0.1) is 0 Å². The van der Waals surface area contributed by atoms with Crippen LogP contribution in [-0.2, 0) is 19.7 Å². The molecule has 0 aromatic heterocycles. The van der Waals surface area contributed by atoms with Gasteiger partial charge in [0.25, 0.3) is 0 Å². The molecule has 0 radical (unpaired) electrons. The lowest BCUT2D eigenvalue weighted by molar-refractivity contribution is -0.153. The predicted octanol–water partition coefficient (Wildman–Crippen LogP) is 5.99. The largest absolute Gasteiger partial charge is 0.465 e. The van der Waals surface area contributed by atoms with E-state index in [1.54, 1.807) is 12.1 Å². The topological polar surface area (TPSA) is 46.6 Å². The van der Waals surface area contributed by atoms with Crippen LogP contribution < -0.4 is 0 Å². The number of aryl methyl sites for hydroxylation is 1. The molecule has 1 aromatic carbocycles. The quantitative estimate of drug-likeness (QED) is 0.405. The van der Waals surface area contributed by atoms with Crippen molar-refractivity contribution in [1.29, 1.82) is 0 Å². The monoisotopic (exact) mass is 483 g/mol. The van der Waals surface area contributed by atoms with E-state index in [0.717, 1.165) is 88.4 Å². The third kappa shape index (κ3) is 5.21. The molecule has 5 heteroatoms. The van der Waals surface area contributed by atoms with Crippen molar-refractivity contribution in [3.8, 4) is 0 Å². The number of esters is 1. The van der Waals surface area contributed by atoms with Gasteiger partial charge in [0.05, 0.1) is 12.5 Å². The first-order valence-electron chi connectivity index (χ1n) is 14.1. The van der Waals surface area contributed by atoms with E-state index in [1.807, 2.05) is 13.0 Å². The Balaban J connectivity index is 1.26. The maximum Gasteiger partial charge on any atom is 0.309 e. The summed E-state index contributed by atoms with van der Waals surface area (Å²) in [6.07, 6.45) is 10.9. The highest BCUT2D eigenvalue weighted by Crippen LogP contribution is 2.50. The molecule has 2 atom stereocenters. The molecule has 1 saturated heterocycles. The van der Waals surface area contributed by atoms with E-state index >= 15 is 0 Å². The number of carbonyl (C=O) groups excluding carboxylic acids is 2. The van der Waals surface area contributed by atoms with Crippen molar-refractivity contribution in [2.24, 2.45) is 23.7 Å². The van der Waals surface area contributed by atoms with E-state index in [4.69, 9.17) is 4.74 Å². The van der Waals surface area contributed by atoms with E-state index < -0.39 is 0 Å². The van der Waals surface area contributed by atoms with Crippen LogP contribution in [0.3, 0.4) is 0 Å². The van der Waals surface area contributed by atoms with E-state index in [1.165, 1.54) is 0 Å². The van der Waals surface area contributed by atoms with Gasteiger partial charge < -0.3 is 9.64 Å². The zero-order valence-electron chi connectivity index (χ0n) is 21.6. The van der Waals surface area contributed by atoms with Crippen molar-refractivity contribution >= 4 is 11.8 Å². The number of hydrogen-bond acceptors (Lipinski definition) is 4. The van der Waals surface area contributed by atoms with Crippen molar-refractivity contribution in [3.63, 3.8) is 0 Å². The highest BCUT2D eigenvalue weighted by Gasteiger charge is 2.49. The molecule has 35 heavy (non-hydrogen) atoms. The maximum absolute atomic E-state index is 14.3. The summed E-state index contributed by atoms with van der Waals surface area (Å²) in [6.45, 7) is 6.64. The van der Waals surface area contributed by atoms with Crippen LogP contribution in [0.15, 0.2) is 18.2 Å². The number of nitrogens with zero attached hydrogens (tertiary/aromatic N) is 1. The Hall–Kier alpha value is -1.75. The molecule has 1 aromatic rings. The second-order valence-electron chi connectivity index (χ2n) is 11.9. The fraction of sp³-hybridized carbons (Fsp3) is 0.733. The summed E-state index contributed by atoms with van der Waals surface area (Å²) < 4.78 is 19.9. The fourth-order valence-corrected chi connectivity index (χ4v) is 7.59. The van der Waals surface area contributed by atoms with Gasteiger partial charge in [-0.25, -0.2) is 4.39 Å². The Morgan fingerprint density at radius 1 is 1.09 bits per heavy atom. The number of ether oxygens (including phenoxy) is 1. The Morgan fingerprint density at radius 2 is 1.77 bits per heavy atom. The van der Waals surface area contributed by atoms with Crippen LogP contribution in [0.1, 0.15) is 88.7 Å². The van der Waals surface area contributed by atoms with Crippen LogP contribution in [0.5, 0.6) is 0 Å². The lowest BCUT2D eigenvalue weighted by Crippen LogP contribution is -2.50. The van der Waals surface area contributed by atoms with Crippen LogP contribution >= 0.6 is 0 Å². The molecule has 2 unspecified atom stereocenters. The number of halogens is 1.